The number of aryl methyl sites for hydroxylation is 1. The SMILES string of the molecule is Nc1cc(Cl)nc(SCCc2cc3c(CC(F)(F)F)coc3cn2)n1. The van der Waals surface area contributed by atoms with Crippen molar-refractivity contribution in [3.05, 3.63) is 41.0 Å². The number of fused-ring (bicyclic) bond motifs is 1. The molecule has 3 aromatic heterocycles. The Hall–Kier alpha value is -2.00. The summed E-state index contributed by atoms with van der Waals surface area (Å²) in [6.45, 7) is 0. The van der Waals surface area contributed by atoms with E-state index in [0.29, 0.717) is 34.0 Å². The summed E-state index contributed by atoms with van der Waals surface area (Å²) in [7, 11) is 0. The number of aromatic nitrogens is 3. The standard InChI is InChI=1S/C15H12ClF3N4OS/c16-12-4-13(20)23-14(22-12)25-2-1-9-3-10-8(5-15(17,18)19)7-24-11(10)6-21-9/h3-4,6-7H,1-2,5H2,(H2,20,22,23). The quantitative estimate of drug-likeness (QED) is 0.399. The number of hydrogen-bond acceptors (Lipinski definition) is 6. The number of nitrogens with zero attached hydrogens (tertiary/aromatic N) is 3. The van der Waals surface area contributed by atoms with Gasteiger partial charge in [-0.1, -0.05) is 23.4 Å². The number of halogens is 4. The molecule has 0 aliphatic heterocycles. The lowest BCUT2D eigenvalue weighted by atomic mass is 10.1. The molecule has 0 aromatic carbocycles. The van der Waals surface area contributed by atoms with Gasteiger partial charge in [0.1, 0.15) is 11.0 Å². The van der Waals surface area contributed by atoms with Crippen LogP contribution in [0, 0.1) is 0 Å². The third kappa shape index (κ3) is 4.76. The number of alkyl halides is 3. The third-order valence-electron chi connectivity index (χ3n) is 3.27. The highest BCUT2D eigenvalue weighted by atomic mass is 35.5. The van der Waals surface area contributed by atoms with Crippen LogP contribution >= 0.6 is 23.4 Å². The molecule has 0 spiro atoms. The van der Waals surface area contributed by atoms with Crippen LogP contribution in [0.2, 0.25) is 5.15 Å². The summed E-state index contributed by atoms with van der Waals surface area (Å²) in [5.74, 6) is 0.849. The summed E-state index contributed by atoms with van der Waals surface area (Å²) in [6.07, 6.45) is -2.25. The monoisotopic (exact) mass is 388 g/mol. The first-order chi connectivity index (χ1) is 11.8. The fourth-order valence-electron chi connectivity index (χ4n) is 2.24. The first kappa shape index (κ1) is 17.8. The van der Waals surface area contributed by atoms with Crippen LogP contribution in [0.1, 0.15) is 11.3 Å². The van der Waals surface area contributed by atoms with E-state index < -0.39 is 12.6 Å². The summed E-state index contributed by atoms with van der Waals surface area (Å²) in [5, 5.41) is 1.12. The van der Waals surface area contributed by atoms with E-state index in [-0.39, 0.29) is 16.5 Å². The molecule has 10 heteroatoms. The van der Waals surface area contributed by atoms with E-state index in [1.165, 1.54) is 24.0 Å². The van der Waals surface area contributed by atoms with Gasteiger partial charge in [0.15, 0.2) is 10.7 Å². The van der Waals surface area contributed by atoms with E-state index in [1.807, 2.05) is 0 Å². The Bertz CT molecular complexity index is 880. The van der Waals surface area contributed by atoms with Gasteiger partial charge in [-0.25, -0.2) is 9.97 Å². The lowest BCUT2D eigenvalue weighted by Gasteiger charge is -2.05. The second kappa shape index (κ2) is 7.09. The molecule has 3 rings (SSSR count). The molecule has 0 amide bonds. The maximum atomic E-state index is 12.6. The van der Waals surface area contributed by atoms with Gasteiger partial charge in [-0.05, 0) is 12.5 Å². The fourth-order valence-corrected chi connectivity index (χ4v) is 3.31. The largest absolute Gasteiger partial charge is 0.462 e. The van der Waals surface area contributed by atoms with Crippen LogP contribution in [-0.2, 0) is 12.8 Å². The lowest BCUT2D eigenvalue weighted by Crippen LogP contribution is -2.11. The van der Waals surface area contributed by atoms with Gasteiger partial charge in [-0.2, -0.15) is 13.2 Å². The van der Waals surface area contributed by atoms with Crippen molar-refractivity contribution < 1.29 is 17.6 Å². The normalized spacial score (nSPS) is 12.0. The first-order valence-electron chi connectivity index (χ1n) is 7.15. The predicted octanol–water partition coefficient (Wildman–Crippen LogP) is 4.29. The van der Waals surface area contributed by atoms with Gasteiger partial charge in [0, 0.05) is 28.5 Å². The molecule has 0 aliphatic carbocycles. The molecule has 0 aliphatic rings. The molecule has 0 unspecified atom stereocenters. The van der Waals surface area contributed by atoms with E-state index in [2.05, 4.69) is 15.0 Å². The molecular formula is C15H12ClF3N4OS. The minimum absolute atomic E-state index is 0.102. The number of rotatable bonds is 5. The molecule has 3 heterocycles. The summed E-state index contributed by atoms with van der Waals surface area (Å²) in [6, 6.07) is 3.07. The Balaban J connectivity index is 1.70. The van der Waals surface area contributed by atoms with Gasteiger partial charge in [-0.3, -0.25) is 4.98 Å². The molecule has 0 saturated carbocycles. The molecule has 0 atom stereocenters. The third-order valence-corrected chi connectivity index (χ3v) is 4.32. The Morgan fingerprint density at radius 3 is 2.76 bits per heavy atom. The molecule has 0 fully saturated rings. The number of hydrogen-bond donors (Lipinski definition) is 1. The smallest absolute Gasteiger partial charge is 0.393 e. The van der Waals surface area contributed by atoms with Gasteiger partial charge in [-0.15, -0.1) is 0 Å². The minimum atomic E-state index is -4.29. The van der Waals surface area contributed by atoms with E-state index in [9.17, 15) is 13.2 Å². The Morgan fingerprint density at radius 1 is 1.24 bits per heavy atom. The Morgan fingerprint density at radius 2 is 2.04 bits per heavy atom. The van der Waals surface area contributed by atoms with Crippen molar-refractivity contribution in [2.45, 2.75) is 24.2 Å². The van der Waals surface area contributed by atoms with Crippen LogP contribution in [0.4, 0.5) is 19.0 Å². The van der Waals surface area contributed by atoms with Crippen molar-refractivity contribution >= 4 is 40.1 Å². The van der Waals surface area contributed by atoms with Crippen LogP contribution in [0.3, 0.4) is 0 Å². The lowest BCUT2D eigenvalue weighted by molar-refractivity contribution is -0.127. The topological polar surface area (TPSA) is 77.8 Å². The van der Waals surface area contributed by atoms with Crippen molar-refractivity contribution in [1.82, 2.24) is 15.0 Å². The number of anilines is 1. The van der Waals surface area contributed by atoms with Crippen molar-refractivity contribution in [2.75, 3.05) is 11.5 Å². The number of nitrogens with two attached hydrogens (primary N) is 1. The highest BCUT2D eigenvalue weighted by Gasteiger charge is 2.29. The summed E-state index contributed by atoms with van der Waals surface area (Å²) in [5.41, 5.74) is 6.69. The van der Waals surface area contributed by atoms with Crippen LogP contribution in [0.5, 0.6) is 0 Å². The molecule has 3 aromatic rings. The van der Waals surface area contributed by atoms with Gasteiger partial charge in [0.25, 0.3) is 0 Å². The maximum absolute atomic E-state index is 12.6. The highest BCUT2D eigenvalue weighted by molar-refractivity contribution is 7.99. The molecule has 5 nitrogen and oxygen atoms in total. The zero-order valence-corrected chi connectivity index (χ0v) is 14.3. The fraction of sp³-hybridized carbons (Fsp3) is 0.267. The number of thioether (sulfide) groups is 1. The maximum Gasteiger partial charge on any atom is 0.393 e. The van der Waals surface area contributed by atoms with Gasteiger partial charge < -0.3 is 10.2 Å². The summed E-state index contributed by atoms with van der Waals surface area (Å²) < 4.78 is 43.0. The zero-order chi connectivity index (χ0) is 18.0. The Kier molecular flexibility index (Phi) is 5.05. The van der Waals surface area contributed by atoms with Gasteiger partial charge in [0.2, 0.25) is 0 Å². The summed E-state index contributed by atoms with van der Waals surface area (Å²) >= 11 is 7.15. The zero-order valence-electron chi connectivity index (χ0n) is 12.7. The van der Waals surface area contributed by atoms with Crippen molar-refractivity contribution in [2.24, 2.45) is 0 Å². The van der Waals surface area contributed by atoms with Crippen molar-refractivity contribution in [3.63, 3.8) is 0 Å². The molecule has 2 N–H and O–H groups in total. The van der Waals surface area contributed by atoms with E-state index in [0.717, 1.165) is 6.26 Å². The minimum Gasteiger partial charge on any atom is -0.462 e. The molecule has 0 saturated heterocycles. The van der Waals surface area contributed by atoms with E-state index >= 15 is 0 Å². The van der Waals surface area contributed by atoms with Crippen LogP contribution in [0.25, 0.3) is 11.0 Å². The second-order valence-electron chi connectivity index (χ2n) is 5.22. The summed E-state index contributed by atoms with van der Waals surface area (Å²) in [4.78, 5) is 12.3. The molecular weight excluding hydrogens is 377 g/mol. The van der Waals surface area contributed by atoms with Crippen molar-refractivity contribution in [1.29, 1.82) is 0 Å². The molecule has 0 bridgehead atoms. The van der Waals surface area contributed by atoms with Crippen LogP contribution in [-0.4, -0.2) is 26.9 Å². The average molecular weight is 389 g/mol. The van der Waals surface area contributed by atoms with Gasteiger partial charge in [0.05, 0.1) is 18.9 Å². The van der Waals surface area contributed by atoms with Crippen LogP contribution in [0.15, 0.2) is 34.2 Å². The number of furan rings is 1. The van der Waals surface area contributed by atoms with Gasteiger partial charge >= 0.3 is 6.18 Å². The average Bonchev–Trinajstić information content (AvgIpc) is 2.87. The molecule has 25 heavy (non-hydrogen) atoms. The number of nitrogen functional groups attached to an aromatic ring is 1. The highest BCUT2D eigenvalue weighted by Crippen LogP contribution is 2.28. The molecule has 132 valence electrons. The van der Waals surface area contributed by atoms with E-state index in [1.54, 1.807) is 6.07 Å². The van der Waals surface area contributed by atoms with Crippen LogP contribution < -0.4 is 5.73 Å². The second-order valence-corrected chi connectivity index (χ2v) is 6.67. The number of pyridine rings is 1. The molecule has 0 radical (unpaired) electrons. The Labute approximate surface area is 149 Å². The predicted molar refractivity (Wildman–Crippen MR) is 89.7 cm³/mol. The van der Waals surface area contributed by atoms with E-state index in [4.69, 9.17) is 21.8 Å². The van der Waals surface area contributed by atoms with Crippen molar-refractivity contribution in [3.8, 4) is 0 Å². The first-order valence-corrected chi connectivity index (χ1v) is 8.51.